The summed E-state index contributed by atoms with van der Waals surface area (Å²) in [6, 6.07) is 1.54. The molecule has 0 radical (unpaired) electrons. The number of fused-ring (bicyclic) bond motifs is 3. The van der Waals surface area contributed by atoms with Gasteiger partial charge < -0.3 is 10.6 Å². The van der Waals surface area contributed by atoms with Crippen molar-refractivity contribution in [2.75, 3.05) is 0 Å². The molecule has 2 aliphatic heterocycles. The van der Waals surface area contributed by atoms with E-state index >= 15 is 0 Å². The molecule has 3 heterocycles. The highest BCUT2D eigenvalue weighted by Gasteiger charge is 2.35. The zero-order valence-corrected chi connectivity index (χ0v) is 6.64. The Bertz CT molecular complexity index is 395. The first-order valence-electron chi connectivity index (χ1n) is 3.99. The highest BCUT2D eigenvalue weighted by Crippen LogP contribution is 2.23. The van der Waals surface area contributed by atoms with E-state index in [0.717, 1.165) is 5.82 Å². The second-order valence-electron chi connectivity index (χ2n) is 3.00. The van der Waals surface area contributed by atoms with Crippen LogP contribution < -0.4 is 10.6 Å². The fourth-order valence-corrected chi connectivity index (χ4v) is 1.61. The van der Waals surface area contributed by atoms with Crippen molar-refractivity contribution in [1.82, 2.24) is 20.4 Å². The highest BCUT2D eigenvalue weighted by molar-refractivity contribution is 5.85. The van der Waals surface area contributed by atoms with Gasteiger partial charge in [0.25, 0.3) is 0 Å². The maximum absolute atomic E-state index is 11.0. The lowest BCUT2D eigenvalue weighted by molar-refractivity contribution is 0.246. The normalized spacial score (nSPS) is 29.1. The molecule has 0 aromatic carbocycles. The first-order chi connectivity index (χ1) is 6.34. The summed E-state index contributed by atoms with van der Waals surface area (Å²) >= 11 is 0. The Balaban J connectivity index is 2.10. The van der Waals surface area contributed by atoms with Gasteiger partial charge in [-0.15, -0.1) is 0 Å². The monoisotopic (exact) mass is 177 g/mol. The number of hydrogen-bond donors (Lipinski definition) is 2. The first-order valence-corrected chi connectivity index (χ1v) is 3.99. The lowest BCUT2D eigenvalue weighted by Crippen LogP contribution is -2.34. The zero-order valence-electron chi connectivity index (χ0n) is 6.64. The number of amides is 2. The zero-order chi connectivity index (χ0) is 8.84. The van der Waals surface area contributed by atoms with Gasteiger partial charge in [0.1, 0.15) is 6.04 Å². The summed E-state index contributed by atoms with van der Waals surface area (Å²) in [6.07, 6.45) is 3.26. The van der Waals surface area contributed by atoms with Crippen molar-refractivity contribution >= 4 is 18.1 Å². The van der Waals surface area contributed by atoms with E-state index in [-0.39, 0.29) is 18.2 Å². The number of rotatable bonds is 0. The highest BCUT2D eigenvalue weighted by atomic mass is 16.2. The van der Waals surface area contributed by atoms with Crippen LogP contribution in [0.3, 0.4) is 0 Å². The molecule has 2 aliphatic rings. The van der Waals surface area contributed by atoms with Crippen LogP contribution in [0.2, 0.25) is 0 Å². The molecule has 1 saturated heterocycles. The third-order valence-corrected chi connectivity index (χ3v) is 2.20. The predicted octanol–water partition coefficient (Wildman–Crippen LogP) is -0.221. The van der Waals surface area contributed by atoms with Crippen LogP contribution in [0, 0.1) is 0 Å². The van der Waals surface area contributed by atoms with Crippen LogP contribution in [0.15, 0.2) is 17.3 Å². The molecule has 3 rings (SSSR count). The van der Waals surface area contributed by atoms with E-state index in [2.05, 4.69) is 20.7 Å². The molecule has 0 aliphatic carbocycles. The molecule has 13 heavy (non-hydrogen) atoms. The quantitative estimate of drug-likeness (QED) is 0.575. The van der Waals surface area contributed by atoms with Crippen LogP contribution in [-0.2, 0) is 0 Å². The van der Waals surface area contributed by atoms with Gasteiger partial charge in [-0.05, 0) is 0 Å². The minimum atomic E-state index is -0.176. The van der Waals surface area contributed by atoms with Gasteiger partial charge in [0, 0.05) is 12.3 Å². The van der Waals surface area contributed by atoms with E-state index in [1.807, 2.05) is 0 Å². The molecule has 1 aromatic rings. The second kappa shape index (κ2) is 2.09. The molecule has 0 bridgehead atoms. The second-order valence-corrected chi connectivity index (χ2v) is 3.00. The summed E-state index contributed by atoms with van der Waals surface area (Å²) in [4.78, 5) is 15.2. The van der Waals surface area contributed by atoms with Gasteiger partial charge in [0.05, 0.1) is 6.20 Å². The first kappa shape index (κ1) is 6.64. The van der Waals surface area contributed by atoms with Crippen molar-refractivity contribution in [3.05, 3.63) is 12.3 Å². The molecule has 6 nitrogen and oxygen atoms in total. The summed E-state index contributed by atoms with van der Waals surface area (Å²) in [5.74, 6) is 0.769. The summed E-state index contributed by atoms with van der Waals surface area (Å²) in [5, 5.41) is 9.57. The molecule has 2 amide bonds. The van der Waals surface area contributed by atoms with Crippen molar-refractivity contribution in [3.8, 4) is 0 Å². The number of carbonyl (C=O) groups excluding carboxylic acids is 1. The topological polar surface area (TPSA) is 71.3 Å². The molecular formula is C7H7N5O. The summed E-state index contributed by atoms with van der Waals surface area (Å²) in [5.41, 5.74) is 0. The minimum absolute atomic E-state index is 0.0834. The molecule has 2 N–H and O–H groups in total. The number of urea groups is 1. The van der Waals surface area contributed by atoms with Gasteiger partial charge in [-0.1, -0.05) is 0 Å². The van der Waals surface area contributed by atoms with Crippen LogP contribution >= 0.6 is 0 Å². The van der Waals surface area contributed by atoms with Crippen LogP contribution in [0.1, 0.15) is 6.17 Å². The molecule has 2 atom stereocenters. The van der Waals surface area contributed by atoms with Crippen LogP contribution in [0.4, 0.5) is 10.6 Å². The smallest absolute Gasteiger partial charge is 0.317 e. The van der Waals surface area contributed by atoms with E-state index in [1.54, 1.807) is 23.2 Å². The van der Waals surface area contributed by atoms with E-state index in [4.69, 9.17) is 0 Å². The number of nitrogens with one attached hydrogen (secondary N) is 2. The SMILES string of the molecule is O=C1NC2C=Nc3ccnn3C2N1. The van der Waals surface area contributed by atoms with Gasteiger partial charge in [-0.25, -0.2) is 14.5 Å². The Morgan fingerprint density at radius 3 is 3.31 bits per heavy atom. The van der Waals surface area contributed by atoms with E-state index in [1.165, 1.54) is 0 Å². The molecule has 0 spiro atoms. The van der Waals surface area contributed by atoms with Crippen LogP contribution in [0.5, 0.6) is 0 Å². The molecule has 6 heteroatoms. The van der Waals surface area contributed by atoms with E-state index in [9.17, 15) is 4.79 Å². The van der Waals surface area contributed by atoms with Gasteiger partial charge in [-0.3, -0.25) is 0 Å². The maximum Gasteiger partial charge on any atom is 0.317 e. The van der Waals surface area contributed by atoms with Crippen LogP contribution in [-0.4, -0.2) is 28.1 Å². The number of nitrogens with zero attached hydrogens (tertiary/aromatic N) is 3. The summed E-state index contributed by atoms with van der Waals surface area (Å²) < 4.78 is 1.70. The number of aliphatic imine (C=N–C) groups is 1. The van der Waals surface area contributed by atoms with Crippen molar-refractivity contribution in [1.29, 1.82) is 0 Å². The standard InChI is InChI=1S/C7H7N5O/c13-7-10-4-3-8-5-1-2-9-12(5)6(4)11-7/h1-4,6H,(H2,10,11,13). The predicted molar refractivity (Wildman–Crippen MR) is 44.9 cm³/mol. The van der Waals surface area contributed by atoms with Crippen LogP contribution in [0.25, 0.3) is 0 Å². The van der Waals surface area contributed by atoms with Crippen molar-refractivity contribution < 1.29 is 4.79 Å². The lowest BCUT2D eigenvalue weighted by Gasteiger charge is -2.19. The van der Waals surface area contributed by atoms with Crippen molar-refractivity contribution in [3.63, 3.8) is 0 Å². The molecule has 2 unspecified atom stereocenters. The Kier molecular flexibility index (Phi) is 1.07. The Morgan fingerprint density at radius 2 is 2.38 bits per heavy atom. The molecule has 66 valence electrons. The van der Waals surface area contributed by atoms with Crippen molar-refractivity contribution in [2.45, 2.75) is 12.2 Å². The minimum Gasteiger partial charge on any atom is -0.326 e. The largest absolute Gasteiger partial charge is 0.326 e. The van der Waals surface area contributed by atoms with Gasteiger partial charge in [-0.2, -0.15) is 5.10 Å². The van der Waals surface area contributed by atoms with E-state index in [0.29, 0.717) is 0 Å². The summed E-state index contributed by atoms with van der Waals surface area (Å²) in [6.45, 7) is 0. The molecular weight excluding hydrogens is 170 g/mol. The lowest BCUT2D eigenvalue weighted by atomic mass is 10.2. The van der Waals surface area contributed by atoms with E-state index < -0.39 is 0 Å². The fraction of sp³-hybridized carbons (Fsp3) is 0.286. The molecule has 1 fully saturated rings. The fourth-order valence-electron chi connectivity index (χ4n) is 1.61. The number of aromatic nitrogens is 2. The molecule has 1 aromatic heterocycles. The maximum atomic E-state index is 11.0. The van der Waals surface area contributed by atoms with Gasteiger partial charge >= 0.3 is 6.03 Å². The Morgan fingerprint density at radius 1 is 1.46 bits per heavy atom. The van der Waals surface area contributed by atoms with Gasteiger partial charge in [0.2, 0.25) is 0 Å². The molecule has 0 saturated carbocycles. The third kappa shape index (κ3) is 0.793. The third-order valence-electron chi connectivity index (χ3n) is 2.20. The van der Waals surface area contributed by atoms with Crippen molar-refractivity contribution in [2.24, 2.45) is 4.99 Å². The number of hydrogen-bond acceptors (Lipinski definition) is 3. The van der Waals surface area contributed by atoms with Gasteiger partial charge in [0.15, 0.2) is 12.0 Å². The average Bonchev–Trinajstić information content (AvgIpc) is 2.65. The number of carbonyl (C=O) groups is 1. The average molecular weight is 177 g/mol. The summed E-state index contributed by atoms with van der Waals surface area (Å²) in [7, 11) is 0. The Hall–Kier alpha value is -1.85. The Labute approximate surface area is 73.6 Å².